The number of carbonyl (C=O) groups is 1. The summed E-state index contributed by atoms with van der Waals surface area (Å²) in [5.74, 6) is 0.579. The zero-order valence-electron chi connectivity index (χ0n) is 12.7. The molecule has 2 heterocycles. The van der Waals surface area contributed by atoms with Crippen LogP contribution in [0.5, 0.6) is 0 Å². The number of amides is 1. The van der Waals surface area contributed by atoms with Crippen molar-refractivity contribution in [1.29, 1.82) is 5.26 Å². The van der Waals surface area contributed by atoms with Crippen molar-refractivity contribution in [3.8, 4) is 16.6 Å². The lowest BCUT2D eigenvalue weighted by Gasteiger charge is -2.04. The van der Waals surface area contributed by atoms with Crippen molar-refractivity contribution in [2.75, 3.05) is 5.32 Å². The highest BCUT2D eigenvalue weighted by molar-refractivity contribution is 7.22. The van der Waals surface area contributed by atoms with E-state index < -0.39 is 0 Å². The number of anilines is 1. The summed E-state index contributed by atoms with van der Waals surface area (Å²) in [5, 5.41) is 13.2. The van der Waals surface area contributed by atoms with E-state index in [1.807, 2.05) is 6.07 Å². The first-order valence-corrected chi connectivity index (χ1v) is 9.10. The third-order valence-electron chi connectivity index (χ3n) is 3.88. The molecule has 1 N–H and O–H groups in total. The molecule has 1 aliphatic carbocycles. The topological polar surface area (TPSA) is 78.7 Å². The average molecular weight is 389 g/mol. The Balaban J connectivity index is 1.80. The van der Waals surface area contributed by atoms with Crippen molar-refractivity contribution in [2.24, 2.45) is 5.92 Å². The smallest absolute Gasteiger partial charge is 0.228 e. The Morgan fingerprint density at radius 1 is 1.32 bits per heavy atom. The normalized spacial score (nSPS) is 13.6. The molecule has 5 nitrogen and oxygen atoms in total. The maximum atomic E-state index is 12.0. The number of benzene rings is 1. The Morgan fingerprint density at radius 2 is 2.04 bits per heavy atom. The van der Waals surface area contributed by atoms with Gasteiger partial charge in [0.15, 0.2) is 5.82 Å². The summed E-state index contributed by atoms with van der Waals surface area (Å²) in [4.78, 5) is 20.9. The number of carbonyl (C=O) groups excluding carboxylic acids is 1. The molecule has 0 radical (unpaired) electrons. The minimum Gasteiger partial charge on any atom is -0.309 e. The molecule has 25 heavy (non-hydrogen) atoms. The number of nitrogens with one attached hydrogen (secondary N) is 1. The fourth-order valence-electron chi connectivity index (χ4n) is 2.46. The number of thiazole rings is 1. The zero-order chi connectivity index (χ0) is 17.6. The molecule has 3 aromatic rings. The number of halogens is 2. The van der Waals surface area contributed by atoms with E-state index in [4.69, 9.17) is 28.5 Å². The first-order chi connectivity index (χ1) is 12.1. The molecule has 1 aromatic carbocycles. The van der Waals surface area contributed by atoms with Gasteiger partial charge in [0.25, 0.3) is 0 Å². The van der Waals surface area contributed by atoms with Gasteiger partial charge in [0.1, 0.15) is 5.01 Å². The first kappa shape index (κ1) is 16.3. The minimum atomic E-state index is -0.00983. The highest BCUT2D eigenvalue weighted by Crippen LogP contribution is 2.41. The van der Waals surface area contributed by atoms with Crippen LogP contribution < -0.4 is 5.32 Å². The standard InChI is InChI=1S/C17H10Cl2N4OS/c18-10-5-8(7-20)6-11(19)13(10)17-22-12-3-4-21-15(14(12)25-17)23-16(24)9-1-2-9/h3-6,9H,1-2H2,(H,21,23,24). The van der Waals surface area contributed by atoms with E-state index in [-0.39, 0.29) is 11.8 Å². The Morgan fingerprint density at radius 3 is 2.68 bits per heavy atom. The Bertz CT molecular complexity index is 1030. The molecule has 1 fully saturated rings. The van der Waals surface area contributed by atoms with Crippen LogP contribution in [0.25, 0.3) is 20.8 Å². The molecule has 8 heteroatoms. The first-order valence-electron chi connectivity index (χ1n) is 7.52. The highest BCUT2D eigenvalue weighted by atomic mass is 35.5. The summed E-state index contributed by atoms with van der Waals surface area (Å²) in [6.45, 7) is 0. The quantitative estimate of drug-likeness (QED) is 0.692. The predicted molar refractivity (Wildman–Crippen MR) is 98.9 cm³/mol. The van der Waals surface area contributed by atoms with Crippen LogP contribution in [0.1, 0.15) is 18.4 Å². The maximum absolute atomic E-state index is 12.0. The molecular formula is C17H10Cl2N4OS. The summed E-state index contributed by atoms with van der Waals surface area (Å²) in [6.07, 6.45) is 3.45. The second kappa shape index (κ2) is 6.26. The van der Waals surface area contributed by atoms with Crippen LogP contribution in [0.2, 0.25) is 10.0 Å². The van der Waals surface area contributed by atoms with Crippen LogP contribution in [0, 0.1) is 17.2 Å². The summed E-state index contributed by atoms with van der Waals surface area (Å²) in [7, 11) is 0. The molecule has 0 unspecified atom stereocenters. The molecule has 1 amide bonds. The number of hydrogen-bond acceptors (Lipinski definition) is 5. The van der Waals surface area contributed by atoms with E-state index in [2.05, 4.69) is 15.3 Å². The molecule has 0 bridgehead atoms. The fourth-order valence-corrected chi connectivity index (χ4v) is 4.31. The molecule has 0 spiro atoms. The lowest BCUT2D eigenvalue weighted by atomic mass is 10.1. The molecule has 0 atom stereocenters. The van der Waals surface area contributed by atoms with Crippen molar-refractivity contribution in [3.05, 3.63) is 40.0 Å². The molecule has 1 saturated carbocycles. The summed E-state index contributed by atoms with van der Waals surface area (Å²) < 4.78 is 0.767. The van der Waals surface area contributed by atoms with E-state index in [1.165, 1.54) is 11.3 Å². The van der Waals surface area contributed by atoms with E-state index in [9.17, 15) is 4.79 Å². The number of fused-ring (bicyclic) bond motifs is 1. The lowest BCUT2D eigenvalue weighted by molar-refractivity contribution is -0.117. The number of nitrogens with zero attached hydrogens (tertiary/aromatic N) is 3. The Kier molecular flexibility index (Phi) is 4.08. The van der Waals surface area contributed by atoms with Gasteiger partial charge in [-0.25, -0.2) is 9.97 Å². The zero-order valence-corrected chi connectivity index (χ0v) is 15.0. The molecule has 0 saturated heterocycles. The van der Waals surface area contributed by atoms with Crippen LogP contribution in [-0.2, 0) is 4.79 Å². The second-order valence-corrected chi connectivity index (χ2v) is 7.53. The third-order valence-corrected chi connectivity index (χ3v) is 5.57. The molecule has 124 valence electrons. The van der Waals surface area contributed by atoms with Gasteiger partial charge in [-0.05, 0) is 31.0 Å². The van der Waals surface area contributed by atoms with Gasteiger partial charge in [0.05, 0.1) is 31.9 Å². The monoisotopic (exact) mass is 388 g/mol. The van der Waals surface area contributed by atoms with Crippen LogP contribution in [-0.4, -0.2) is 15.9 Å². The van der Waals surface area contributed by atoms with Crippen molar-refractivity contribution < 1.29 is 4.79 Å². The Labute approximate surface area is 157 Å². The highest BCUT2D eigenvalue weighted by Gasteiger charge is 2.30. The van der Waals surface area contributed by atoms with E-state index in [1.54, 1.807) is 24.4 Å². The van der Waals surface area contributed by atoms with Crippen molar-refractivity contribution in [3.63, 3.8) is 0 Å². The number of aromatic nitrogens is 2. The van der Waals surface area contributed by atoms with Crippen molar-refractivity contribution >= 4 is 56.5 Å². The maximum Gasteiger partial charge on any atom is 0.228 e. The Hall–Kier alpha value is -2.20. The SMILES string of the molecule is N#Cc1cc(Cl)c(-c2nc3ccnc(NC(=O)C4CC4)c3s2)c(Cl)c1. The molecule has 1 aliphatic rings. The second-order valence-electron chi connectivity index (χ2n) is 5.72. The average Bonchev–Trinajstić information content (AvgIpc) is 3.34. The van der Waals surface area contributed by atoms with Gasteiger partial charge in [-0.1, -0.05) is 23.2 Å². The van der Waals surface area contributed by atoms with E-state index in [0.717, 1.165) is 17.5 Å². The predicted octanol–water partition coefficient (Wildman–Crippen LogP) is 4.89. The van der Waals surface area contributed by atoms with Crippen molar-refractivity contribution in [2.45, 2.75) is 12.8 Å². The van der Waals surface area contributed by atoms with Gasteiger partial charge in [-0.3, -0.25) is 4.79 Å². The van der Waals surface area contributed by atoms with Gasteiger partial charge in [-0.2, -0.15) is 5.26 Å². The van der Waals surface area contributed by atoms with Gasteiger partial charge in [0.2, 0.25) is 5.91 Å². The van der Waals surface area contributed by atoms with Gasteiger partial charge < -0.3 is 5.32 Å². The van der Waals surface area contributed by atoms with Crippen LogP contribution in [0.15, 0.2) is 24.4 Å². The molecule has 2 aromatic heterocycles. The number of hydrogen-bond donors (Lipinski definition) is 1. The van der Waals surface area contributed by atoms with Gasteiger partial charge >= 0.3 is 0 Å². The fraction of sp³-hybridized carbons (Fsp3) is 0.176. The largest absolute Gasteiger partial charge is 0.309 e. The van der Waals surface area contributed by atoms with Crippen LogP contribution in [0.4, 0.5) is 5.82 Å². The number of rotatable bonds is 3. The summed E-state index contributed by atoms with van der Waals surface area (Å²) in [6, 6.07) is 6.91. The molecule has 4 rings (SSSR count). The summed E-state index contributed by atoms with van der Waals surface area (Å²) >= 11 is 13.9. The number of nitriles is 1. The van der Waals surface area contributed by atoms with E-state index >= 15 is 0 Å². The lowest BCUT2D eigenvalue weighted by Crippen LogP contribution is -2.14. The molecular weight excluding hydrogens is 379 g/mol. The molecule has 0 aliphatic heterocycles. The van der Waals surface area contributed by atoms with Gasteiger partial charge in [-0.15, -0.1) is 11.3 Å². The third kappa shape index (κ3) is 3.07. The summed E-state index contributed by atoms with van der Waals surface area (Å²) in [5.41, 5.74) is 1.67. The van der Waals surface area contributed by atoms with Crippen LogP contribution in [0.3, 0.4) is 0 Å². The van der Waals surface area contributed by atoms with Crippen molar-refractivity contribution in [1.82, 2.24) is 9.97 Å². The van der Waals surface area contributed by atoms with E-state index in [0.29, 0.717) is 37.5 Å². The minimum absolute atomic E-state index is 0.00983. The van der Waals surface area contributed by atoms with Crippen LogP contribution >= 0.6 is 34.5 Å². The van der Waals surface area contributed by atoms with Gasteiger partial charge in [0, 0.05) is 17.7 Å². The number of pyridine rings is 1.